The number of likely N-dealkylation sites (N-methyl/N-ethyl adjacent to an activating group) is 1. The van der Waals surface area contributed by atoms with Crippen LogP contribution < -0.4 is 9.64 Å². The lowest BCUT2D eigenvalue weighted by atomic mass is 10.2. The lowest BCUT2D eigenvalue weighted by Crippen LogP contribution is -2.40. The maximum absolute atomic E-state index is 12.6. The Morgan fingerprint density at radius 1 is 1.08 bits per heavy atom. The molecule has 0 N–H and O–H groups in total. The average Bonchev–Trinajstić information content (AvgIpc) is 3.03. The van der Waals surface area contributed by atoms with Crippen molar-refractivity contribution >= 4 is 17.6 Å². The predicted octanol–water partition coefficient (Wildman–Crippen LogP) is 2.60. The van der Waals surface area contributed by atoms with E-state index in [1.807, 2.05) is 54.6 Å². The van der Waals surface area contributed by atoms with Crippen molar-refractivity contribution in [3.8, 4) is 5.75 Å². The van der Waals surface area contributed by atoms with Gasteiger partial charge in [0.15, 0.2) is 0 Å². The molecule has 6 nitrogen and oxygen atoms in total. The van der Waals surface area contributed by atoms with Crippen molar-refractivity contribution in [3.05, 3.63) is 60.2 Å². The van der Waals surface area contributed by atoms with E-state index in [4.69, 9.17) is 4.74 Å². The van der Waals surface area contributed by atoms with Crippen molar-refractivity contribution < 1.29 is 14.3 Å². The van der Waals surface area contributed by atoms with Crippen molar-refractivity contribution in [1.29, 1.82) is 0 Å². The first-order valence-electron chi connectivity index (χ1n) is 8.57. The first-order chi connectivity index (χ1) is 12.6. The lowest BCUT2D eigenvalue weighted by Gasteiger charge is -2.22. The second kappa shape index (κ2) is 7.91. The highest BCUT2D eigenvalue weighted by atomic mass is 16.5. The fourth-order valence-electron chi connectivity index (χ4n) is 2.96. The molecule has 0 radical (unpaired) electrons. The topological polar surface area (TPSA) is 53.1 Å². The zero-order valence-corrected chi connectivity index (χ0v) is 15.1. The van der Waals surface area contributed by atoms with E-state index in [2.05, 4.69) is 0 Å². The van der Waals surface area contributed by atoms with Gasteiger partial charge in [-0.15, -0.1) is 0 Å². The molecule has 1 heterocycles. The van der Waals surface area contributed by atoms with Crippen LogP contribution in [-0.4, -0.2) is 55.5 Å². The predicted molar refractivity (Wildman–Crippen MR) is 100 cm³/mol. The van der Waals surface area contributed by atoms with Crippen molar-refractivity contribution in [2.45, 2.75) is 6.54 Å². The van der Waals surface area contributed by atoms with Crippen LogP contribution in [0, 0.1) is 0 Å². The van der Waals surface area contributed by atoms with Crippen LogP contribution in [0.15, 0.2) is 54.6 Å². The summed E-state index contributed by atoms with van der Waals surface area (Å²) in [7, 11) is 3.37. The Hall–Kier alpha value is -3.02. The molecule has 2 aromatic rings. The summed E-state index contributed by atoms with van der Waals surface area (Å²) in [6.07, 6.45) is 0. The molecule has 1 aliphatic heterocycles. The van der Waals surface area contributed by atoms with Gasteiger partial charge in [-0.05, 0) is 29.8 Å². The minimum absolute atomic E-state index is 0.0706. The van der Waals surface area contributed by atoms with E-state index in [0.717, 1.165) is 17.0 Å². The molecule has 0 aromatic heterocycles. The van der Waals surface area contributed by atoms with E-state index in [1.54, 1.807) is 28.9 Å². The van der Waals surface area contributed by atoms with Crippen LogP contribution in [0.1, 0.15) is 5.56 Å². The third kappa shape index (κ3) is 3.96. The molecular weight excluding hydrogens is 330 g/mol. The van der Waals surface area contributed by atoms with Gasteiger partial charge in [0.05, 0.1) is 7.11 Å². The summed E-state index contributed by atoms with van der Waals surface area (Å²) in [6.45, 7) is 1.73. The van der Waals surface area contributed by atoms with Gasteiger partial charge in [-0.25, -0.2) is 4.79 Å². The fourth-order valence-corrected chi connectivity index (χ4v) is 2.96. The summed E-state index contributed by atoms with van der Waals surface area (Å²) >= 11 is 0. The van der Waals surface area contributed by atoms with Gasteiger partial charge in [-0.1, -0.05) is 30.3 Å². The summed E-state index contributed by atoms with van der Waals surface area (Å²) in [4.78, 5) is 30.0. The van der Waals surface area contributed by atoms with Crippen LogP contribution in [0.3, 0.4) is 0 Å². The number of rotatable bonds is 6. The molecule has 1 aliphatic rings. The summed E-state index contributed by atoms with van der Waals surface area (Å²) in [6, 6.07) is 17.0. The summed E-state index contributed by atoms with van der Waals surface area (Å²) < 4.78 is 5.14. The highest BCUT2D eigenvalue weighted by molar-refractivity contribution is 5.96. The van der Waals surface area contributed by atoms with Crippen molar-refractivity contribution in [1.82, 2.24) is 9.80 Å². The summed E-state index contributed by atoms with van der Waals surface area (Å²) in [5.74, 6) is 0.675. The normalized spacial score (nSPS) is 13.8. The van der Waals surface area contributed by atoms with Gasteiger partial charge in [-0.3, -0.25) is 9.69 Å². The number of amides is 3. The number of hydrogen-bond acceptors (Lipinski definition) is 3. The zero-order valence-electron chi connectivity index (χ0n) is 15.1. The quantitative estimate of drug-likeness (QED) is 0.802. The Balaban J connectivity index is 1.58. The van der Waals surface area contributed by atoms with Crippen LogP contribution in [0.5, 0.6) is 5.75 Å². The Morgan fingerprint density at radius 2 is 1.77 bits per heavy atom. The number of urea groups is 1. The molecule has 1 saturated heterocycles. The lowest BCUT2D eigenvalue weighted by molar-refractivity contribution is -0.130. The van der Waals surface area contributed by atoms with Gasteiger partial charge in [0, 0.05) is 32.4 Å². The third-order valence-electron chi connectivity index (χ3n) is 4.49. The Morgan fingerprint density at radius 3 is 2.42 bits per heavy atom. The average molecular weight is 353 g/mol. The number of carbonyl (C=O) groups is 2. The molecular formula is C20H23N3O3. The second-order valence-electron chi connectivity index (χ2n) is 6.29. The number of carbonyl (C=O) groups excluding carboxylic acids is 2. The Bertz CT molecular complexity index is 762. The standard InChI is InChI=1S/C20H23N3O3/c1-21(14-16-6-4-3-5-7-16)19(24)15-22-12-13-23(20(22)25)17-8-10-18(26-2)11-9-17/h3-11H,12-15H2,1-2H3. The van der Waals surface area contributed by atoms with E-state index in [1.165, 1.54) is 0 Å². The number of nitrogens with zero attached hydrogens (tertiary/aromatic N) is 3. The van der Waals surface area contributed by atoms with E-state index in [9.17, 15) is 9.59 Å². The van der Waals surface area contributed by atoms with Gasteiger partial charge in [0.2, 0.25) is 5.91 Å². The number of benzene rings is 2. The van der Waals surface area contributed by atoms with Crippen LogP contribution in [-0.2, 0) is 11.3 Å². The van der Waals surface area contributed by atoms with Gasteiger partial charge < -0.3 is 14.5 Å². The van der Waals surface area contributed by atoms with E-state index in [0.29, 0.717) is 19.6 Å². The maximum Gasteiger partial charge on any atom is 0.325 e. The van der Waals surface area contributed by atoms with E-state index >= 15 is 0 Å². The molecule has 0 aliphatic carbocycles. The zero-order chi connectivity index (χ0) is 18.5. The van der Waals surface area contributed by atoms with Gasteiger partial charge in [-0.2, -0.15) is 0 Å². The first-order valence-corrected chi connectivity index (χ1v) is 8.57. The minimum atomic E-state index is -0.142. The number of anilines is 1. The van der Waals surface area contributed by atoms with Crippen molar-refractivity contribution in [2.24, 2.45) is 0 Å². The second-order valence-corrected chi connectivity index (χ2v) is 6.29. The number of methoxy groups -OCH3 is 1. The van der Waals surface area contributed by atoms with Gasteiger partial charge in [0.25, 0.3) is 0 Å². The van der Waals surface area contributed by atoms with E-state index < -0.39 is 0 Å². The monoisotopic (exact) mass is 353 g/mol. The van der Waals surface area contributed by atoms with E-state index in [-0.39, 0.29) is 18.5 Å². The van der Waals surface area contributed by atoms with Gasteiger partial charge in [0.1, 0.15) is 12.3 Å². The minimum Gasteiger partial charge on any atom is -0.497 e. The maximum atomic E-state index is 12.6. The molecule has 26 heavy (non-hydrogen) atoms. The van der Waals surface area contributed by atoms with Crippen molar-refractivity contribution in [3.63, 3.8) is 0 Å². The van der Waals surface area contributed by atoms with Crippen LogP contribution in [0.4, 0.5) is 10.5 Å². The summed E-state index contributed by atoms with van der Waals surface area (Å²) in [5, 5.41) is 0. The Labute approximate surface area is 153 Å². The molecule has 136 valence electrons. The van der Waals surface area contributed by atoms with Crippen molar-refractivity contribution in [2.75, 3.05) is 38.7 Å². The molecule has 1 fully saturated rings. The molecule has 3 amide bonds. The highest BCUT2D eigenvalue weighted by Gasteiger charge is 2.31. The molecule has 6 heteroatoms. The molecule has 0 spiro atoms. The molecule has 3 rings (SSSR count). The molecule has 0 atom stereocenters. The van der Waals surface area contributed by atoms with Crippen LogP contribution in [0.2, 0.25) is 0 Å². The smallest absolute Gasteiger partial charge is 0.325 e. The Kier molecular flexibility index (Phi) is 5.41. The fraction of sp³-hybridized carbons (Fsp3) is 0.300. The molecule has 0 unspecified atom stereocenters. The third-order valence-corrected chi connectivity index (χ3v) is 4.49. The van der Waals surface area contributed by atoms with Crippen LogP contribution in [0.25, 0.3) is 0 Å². The molecule has 0 saturated carbocycles. The number of hydrogen-bond donors (Lipinski definition) is 0. The first kappa shape index (κ1) is 17.8. The SMILES string of the molecule is COc1ccc(N2CCN(CC(=O)N(C)Cc3ccccc3)C2=O)cc1. The largest absolute Gasteiger partial charge is 0.497 e. The summed E-state index contributed by atoms with van der Waals surface area (Å²) in [5.41, 5.74) is 1.87. The van der Waals surface area contributed by atoms with Crippen LogP contribution >= 0.6 is 0 Å². The van der Waals surface area contributed by atoms with Gasteiger partial charge >= 0.3 is 6.03 Å². The number of ether oxygens (including phenoxy) is 1. The molecule has 0 bridgehead atoms. The molecule has 2 aromatic carbocycles. The highest BCUT2D eigenvalue weighted by Crippen LogP contribution is 2.23.